The molecule has 1 N–H and O–H groups in total. The van der Waals surface area contributed by atoms with E-state index >= 15 is 0 Å². The highest BCUT2D eigenvalue weighted by molar-refractivity contribution is 5.79. The fourth-order valence-electron chi connectivity index (χ4n) is 3.39. The zero-order valence-corrected chi connectivity index (χ0v) is 15.3. The van der Waals surface area contributed by atoms with Gasteiger partial charge in [0.1, 0.15) is 0 Å². The summed E-state index contributed by atoms with van der Waals surface area (Å²) in [5, 5.41) is 3.45. The molecular formula is C19H36N4. The molecule has 0 radical (unpaired) electrons. The Labute approximate surface area is 143 Å². The summed E-state index contributed by atoms with van der Waals surface area (Å²) in [5.41, 5.74) is 0. The SMILES string of the molecule is C=CCCCCCN(C)C(=NCC1CCN(C2CC2)C1)NCC. The molecule has 4 heteroatoms. The fraction of sp³-hybridized carbons (Fsp3) is 0.842. The van der Waals surface area contributed by atoms with Gasteiger partial charge in [0.05, 0.1) is 0 Å². The first-order valence-electron chi connectivity index (χ1n) is 9.59. The largest absolute Gasteiger partial charge is 0.357 e. The second-order valence-electron chi connectivity index (χ2n) is 7.14. The molecule has 1 heterocycles. The summed E-state index contributed by atoms with van der Waals surface area (Å²) >= 11 is 0. The minimum atomic E-state index is 0.755. The number of rotatable bonds is 10. The summed E-state index contributed by atoms with van der Waals surface area (Å²) in [6.07, 6.45) is 11.1. The lowest BCUT2D eigenvalue weighted by Gasteiger charge is -2.22. The topological polar surface area (TPSA) is 30.9 Å². The summed E-state index contributed by atoms with van der Waals surface area (Å²) in [4.78, 5) is 9.89. The summed E-state index contributed by atoms with van der Waals surface area (Å²) in [5.74, 6) is 1.84. The van der Waals surface area contributed by atoms with Gasteiger partial charge in [0.2, 0.25) is 0 Å². The van der Waals surface area contributed by atoms with Gasteiger partial charge < -0.3 is 15.1 Å². The number of likely N-dealkylation sites (tertiary alicyclic amines) is 1. The van der Waals surface area contributed by atoms with Crippen molar-refractivity contribution in [2.24, 2.45) is 10.9 Å². The normalized spacial score (nSPS) is 22.3. The van der Waals surface area contributed by atoms with Crippen molar-refractivity contribution in [2.75, 3.05) is 39.8 Å². The standard InChI is InChI=1S/C19H36N4/c1-4-6-7-8-9-13-22(3)19(20-5-2)21-15-17-12-14-23(16-17)18-10-11-18/h4,17-18H,1,5-16H2,2-3H3,(H,20,21). The van der Waals surface area contributed by atoms with Gasteiger partial charge in [-0.25, -0.2) is 0 Å². The summed E-state index contributed by atoms with van der Waals surface area (Å²) in [6.45, 7) is 11.5. The van der Waals surface area contributed by atoms with Gasteiger partial charge in [-0.1, -0.05) is 12.5 Å². The van der Waals surface area contributed by atoms with E-state index in [2.05, 4.69) is 35.7 Å². The first-order valence-corrected chi connectivity index (χ1v) is 9.59. The molecular weight excluding hydrogens is 284 g/mol. The van der Waals surface area contributed by atoms with Gasteiger partial charge in [0.25, 0.3) is 0 Å². The molecule has 4 nitrogen and oxygen atoms in total. The van der Waals surface area contributed by atoms with Crippen molar-refractivity contribution in [3.8, 4) is 0 Å². The van der Waals surface area contributed by atoms with Gasteiger partial charge in [0, 0.05) is 39.3 Å². The molecule has 2 rings (SSSR count). The number of guanidine groups is 1. The van der Waals surface area contributed by atoms with E-state index in [0.29, 0.717) is 0 Å². The molecule has 0 aromatic heterocycles. The zero-order chi connectivity index (χ0) is 16.5. The molecule has 1 atom stereocenters. The number of nitrogens with one attached hydrogen (secondary N) is 1. The molecule has 0 amide bonds. The molecule has 2 aliphatic rings. The van der Waals surface area contributed by atoms with Gasteiger partial charge >= 0.3 is 0 Å². The third-order valence-corrected chi connectivity index (χ3v) is 4.98. The van der Waals surface area contributed by atoms with Gasteiger partial charge in [-0.05, 0) is 57.9 Å². The average molecular weight is 321 g/mol. The van der Waals surface area contributed by atoms with Gasteiger partial charge in [-0.3, -0.25) is 4.99 Å². The van der Waals surface area contributed by atoms with E-state index in [-0.39, 0.29) is 0 Å². The van der Waals surface area contributed by atoms with E-state index in [9.17, 15) is 0 Å². The van der Waals surface area contributed by atoms with Crippen molar-refractivity contribution >= 4 is 5.96 Å². The number of hydrogen-bond acceptors (Lipinski definition) is 2. The number of unbranched alkanes of at least 4 members (excludes halogenated alkanes) is 3. The highest BCUT2D eigenvalue weighted by atomic mass is 15.3. The fourth-order valence-corrected chi connectivity index (χ4v) is 3.39. The van der Waals surface area contributed by atoms with Crippen molar-refractivity contribution in [3.63, 3.8) is 0 Å². The molecule has 0 bridgehead atoms. The smallest absolute Gasteiger partial charge is 0.193 e. The maximum absolute atomic E-state index is 4.91. The van der Waals surface area contributed by atoms with Crippen LogP contribution in [-0.2, 0) is 0 Å². The summed E-state index contributed by atoms with van der Waals surface area (Å²) in [6, 6.07) is 0.912. The summed E-state index contributed by atoms with van der Waals surface area (Å²) in [7, 11) is 2.17. The van der Waals surface area contributed by atoms with Crippen LogP contribution >= 0.6 is 0 Å². The van der Waals surface area contributed by atoms with Crippen LogP contribution in [0.25, 0.3) is 0 Å². The van der Waals surface area contributed by atoms with Crippen molar-refractivity contribution in [2.45, 2.75) is 57.9 Å². The minimum Gasteiger partial charge on any atom is -0.357 e. The molecule has 0 aromatic rings. The van der Waals surface area contributed by atoms with E-state index in [1.54, 1.807) is 0 Å². The molecule has 1 unspecified atom stereocenters. The molecule has 0 spiro atoms. The Hall–Kier alpha value is -1.03. The lowest BCUT2D eigenvalue weighted by molar-refractivity contribution is 0.315. The zero-order valence-electron chi connectivity index (χ0n) is 15.3. The Bertz CT molecular complexity index is 376. The molecule has 1 aliphatic heterocycles. The second kappa shape index (κ2) is 9.96. The van der Waals surface area contributed by atoms with E-state index in [1.165, 1.54) is 51.6 Å². The molecule has 0 aromatic carbocycles. The Morgan fingerprint density at radius 3 is 2.83 bits per heavy atom. The molecule has 2 fully saturated rings. The van der Waals surface area contributed by atoms with Crippen LogP contribution in [0.5, 0.6) is 0 Å². The first-order chi connectivity index (χ1) is 11.2. The van der Waals surface area contributed by atoms with Crippen LogP contribution in [0.15, 0.2) is 17.6 Å². The predicted molar refractivity (Wildman–Crippen MR) is 100.0 cm³/mol. The monoisotopic (exact) mass is 320 g/mol. The Morgan fingerprint density at radius 1 is 1.30 bits per heavy atom. The minimum absolute atomic E-state index is 0.755. The van der Waals surface area contributed by atoms with Crippen LogP contribution in [0.2, 0.25) is 0 Å². The van der Waals surface area contributed by atoms with Crippen LogP contribution in [-0.4, -0.2) is 61.6 Å². The second-order valence-corrected chi connectivity index (χ2v) is 7.14. The third-order valence-electron chi connectivity index (χ3n) is 4.98. The summed E-state index contributed by atoms with van der Waals surface area (Å²) < 4.78 is 0. The lowest BCUT2D eigenvalue weighted by atomic mass is 10.1. The van der Waals surface area contributed by atoms with Crippen molar-refractivity contribution in [3.05, 3.63) is 12.7 Å². The number of nitrogens with zero attached hydrogens (tertiary/aromatic N) is 3. The van der Waals surface area contributed by atoms with E-state index in [0.717, 1.165) is 44.0 Å². The molecule has 1 aliphatic carbocycles. The maximum Gasteiger partial charge on any atom is 0.193 e. The number of aliphatic imine (C=N–C) groups is 1. The van der Waals surface area contributed by atoms with E-state index < -0.39 is 0 Å². The molecule has 1 saturated carbocycles. The molecule has 23 heavy (non-hydrogen) atoms. The lowest BCUT2D eigenvalue weighted by Crippen LogP contribution is -2.39. The highest BCUT2D eigenvalue weighted by Gasteiger charge is 2.34. The Balaban J connectivity index is 1.71. The maximum atomic E-state index is 4.91. The van der Waals surface area contributed by atoms with Gasteiger partial charge in [-0.15, -0.1) is 6.58 Å². The van der Waals surface area contributed by atoms with Crippen molar-refractivity contribution in [1.29, 1.82) is 0 Å². The quantitative estimate of drug-likeness (QED) is 0.290. The van der Waals surface area contributed by atoms with Gasteiger partial charge in [-0.2, -0.15) is 0 Å². The Morgan fingerprint density at radius 2 is 2.13 bits per heavy atom. The third kappa shape index (κ3) is 6.54. The molecule has 132 valence electrons. The van der Waals surface area contributed by atoms with Crippen molar-refractivity contribution < 1.29 is 0 Å². The highest BCUT2D eigenvalue weighted by Crippen LogP contribution is 2.31. The predicted octanol–water partition coefficient (Wildman–Crippen LogP) is 3.11. The molecule has 1 saturated heterocycles. The average Bonchev–Trinajstić information content (AvgIpc) is 3.30. The van der Waals surface area contributed by atoms with Crippen LogP contribution < -0.4 is 5.32 Å². The number of allylic oxidation sites excluding steroid dienone is 1. The van der Waals surface area contributed by atoms with Gasteiger partial charge in [0.15, 0.2) is 5.96 Å². The first kappa shape index (κ1) is 18.3. The van der Waals surface area contributed by atoms with Crippen LogP contribution in [0, 0.1) is 5.92 Å². The van der Waals surface area contributed by atoms with E-state index in [4.69, 9.17) is 4.99 Å². The van der Waals surface area contributed by atoms with Crippen LogP contribution in [0.1, 0.15) is 51.9 Å². The van der Waals surface area contributed by atoms with Crippen LogP contribution in [0.4, 0.5) is 0 Å². The van der Waals surface area contributed by atoms with Crippen LogP contribution in [0.3, 0.4) is 0 Å². The number of hydrogen-bond donors (Lipinski definition) is 1. The Kier molecular flexibility index (Phi) is 7.93. The van der Waals surface area contributed by atoms with Crippen molar-refractivity contribution in [1.82, 2.24) is 15.1 Å². The van der Waals surface area contributed by atoms with E-state index in [1.807, 2.05) is 6.08 Å².